The monoisotopic (exact) mass is 396 g/mol. The van der Waals surface area contributed by atoms with Crippen molar-refractivity contribution in [1.82, 2.24) is 15.5 Å². The van der Waals surface area contributed by atoms with Crippen LogP contribution in [0, 0.1) is 0 Å². The molecule has 8 heteroatoms. The molecule has 0 atom stereocenters. The van der Waals surface area contributed by atoms with E-state index in [9.17, 15) is 9.59 Å². The normalized spacial score (nSPS) is 10.3. The van der Waals surface area contributed by atoms with Gasteiger partial charge in [0.15, 0.2) is 5.01 Å². The van der Waals surface area contributed by atoms with E-state index >= 15 is 0 Å². The largest absolute Gasteiger partial charge is 0.486 e. The standard InChI is InChI=1S/C20H20N4O3S/c1-2-12-21-18(25)14-8-10-15(11-9-14)22-19(26)20-24-23-17(28-20)13-27-16-6-4-3-5-7-16/h3-11H,2,12-13H2,1H3,(H,21,25)(H,22,26). The second kappa shape index (κ2) is 9.61. The molecule has 2 amide bonds. The molecule has 3 rings (SSSR count). The van der Waals surface area contributed by atoms with Crippen LogP contribution >= 0.6 is 11.3 Å². The number of hydrogen-bond donors (Lipinski definition) is 2. The summed E-state index contributed by atoms with van der Waals surface area (Å²) in [6.45, 7) is 2.87. The Morgan fingerprint density at radius 1 is 1.00 bits per heavy atom. The van der Waals surface area contributed by atoms with E-state index < -0.39 is 0 Å². The van der Waals surface area contributed by atoms with E-state index in [4.69, 9.17) is 4.74 Å². The molecule has 0 saturated carbocycles. The summed E-state index contributed by atoms with van der Waals surface area (Å²) in [6, 6.07) is 16.1. The molecule has 0 bridgehead atoms. The van der Waals surface area contributed by atoms with Gasteiger partial charge in [-0.15, -0.1) is 10.2 Å². The summed E-state index contributed by atoms with van der Waals surface area (Å²) < 4.78 is 5.61. The number of aromatic nitrogens is 2. The molecule has 0 saturated heterocycles. The van der Waals surface area contributed by atoms with Gasteiger partial charge in [0, 0.05) is 17.8 Å². The molecule has 0 aliphatic rings. The first kappa shape index (κ1) is 19.5. The molecule has 3 aromatic rings. The molecule has 7 nitrogen and oxygen atoms in total. The number of nitrogens with zero attached hydrogens (tertiary/aromatic N) is 2. The van der Waals surface area contributed by atoms with E-state index in [-0.39, 0.29) is 23.4 Å². The van der Waals surface area contributed by atoms with E-state index in [1.807, 2.05) is 37.3 Å². The van der Waals surface area contributed by atoms with Gasteiger partial charge in [0.05, 0.1) is 0 Å². The van der Waals surface area contributed by atoms with E-state index in [0.717, 1.165) is 12.2 Å². The van der Waals surface area contributed by atoms with Gasteiger partial charge < -0.3 is 15.4 Å². The average molecular weight is 396 g/mol. The molecule has 0 unspecified atom stereocenters. The SMILES string of the molecule is CCCNC(=O)c1ccc(NC(=O)c2nnc(COc3ccccc3)s2)cc1. The maximum atomic E-state index is 12.3. The lowest BCUT2D eigenvalue weighted by atomic mass is 10.2. The van der Waals surface area contributed by atoms with Crippen LogP contribution < -0.4 is 15.4 Å². The Morgan fingerprint density at radius 3 is 2.46 bits per heavy atom. The van der Waals surface area contributed by atoms with Gasteiger partial charge in [-0.25, -0.2) is 0 Å². The third-order valence-electron chi connectivity index (χ3n) is 3.71. The topological polar surface area (TPSA) is 93.2 Å². The predicted octanol–water partition coefficient (Wildman–Crippen LogP) is 3.51. The zero-order chi connectivity index (χ0) is 19.8. The van der Waals surface area contributed by atoms with Crippen molar-refractivity contribution < 1.29 is 14.3 Å². The quantitative estimate of drug-likeness (QED) is 0.608. The van der Waals surface area contributed by atoms with Gasteiger partial charge in [-0.3, -0.25) is 9.59 Å². The smallest absolute Gasteiger partial charge is 0.286 e. The van der Waals surface area contributed by atoms with Crippen LogP contribution in [0.1, 0.15) is 38.5 Å². The van der Waals surface area contributed by atoms with Crippen molar-refractivity contribution in [2.24, 2.45) is 0 Å². The minimum Gasteiger partial charge on any atom is -0.486 e. The van der Waals surface area contributed by atoms with Crippen molar-refractivity contribution in [1.29, 1.82) is 0 Å². The van der Waals surface area contributed by atoms with Crippen molar-refractivity contribution in [2.75, 3.05) is 11.9 Å². The van der Waals surface area contributed by atoms with Gasteiger partial charge in [0.25, 0.3) is 11.8 Å². The zero-order valence-corrected chi connectivity index (χ0v) is 16.2. The average Bonchev–Trinajstić information content (AvgIpc) is 3.21. The first-order valence-corrected chi connectivity index (χ1v) is 9.67. The van der Waals surface area contributed by atoms with E-state index in [1.165, 1.54) is 11.3 Å². The highest BCUT2D eigenvalue weighted by atomic mass is 32.1. The van der Waals surface area contributed by atoms with Crippen LogP contribution in [0.15, 0.2) is 54.6 Å². The van der Waals surface area contributed by atoms with Gasteiger partial charge in [-0.1, -0.05) is 36.5 Å². The number of nitrogens with one attached hydrogen (secondary N) is 2. The van der Waals surface area contributed by atoms with Crippen LogP contribution in [0.25, 0.3) is 0 Å². The summed E-state index contributed by atoms with van der Waals surface area (Å²) in [7, 11) is 0. The molecule has 1 aromatic heterocycles. The number of amides is 2. The van der Waals surface area contributed by atoms with Crippen molar-refractivity contribution in [3.63, 3.8) is 0 Å². The highest BCUT2D eigenvalue weighted by Crippen LogP contribution is 2.17. The van der Waals surface area contributed by atoms with Crippen molar-refractivity contribution in [3.05, 3.63) is 70.2 Å². The highest BCUT2D eigenvalue weighted by Gasteiger charge is 2.14. The van der Waals surface area contributed by atoms with Gasteiger partial charge in [-0.2, -0.15) is 0 Å². The van der Waals surface area contributed by atoms with Crippen molar-refractivity contribution >= 4 is 28.8 Å². The zero-order valence-electron chi connectivity index (χ0n) is 15.3. The summed E-state index contributed by atoms with van der Waals surface area (Å²) in [5.74, 6) is 0.241. The van der Waals surface area contributed by atoms with E-state index in [1.54, 1.807) is 24.3 Å². The lowest BCUT2D eigenvalue weighted by Gasteiger charge is -2.06. The molecular formula is C20H20N4O3S. The molecule has 2 N–H and O–H groups in total. The molecule has 144 valence electrons. The fourth-order valence-electron chi connectivity index (χ4n) is 2.30. The molecular weight excluding hydrogens is 376 g/mol. The number of ether oxygens (including phenoxy) is 1. The van der Waals surface area contributed by atoms with Gasteiger partial charge in [-0.05, 0) is 42.8 Å². The van der Waals surface area contributed by atoms with E-state index in [0.29, 0.717) is 22.8 Å². The first-order chi connectivity index (χ1) is 13.7. The number of benzene rings is 2. The molecule has 28 heavy (non-hydrogen) atoms. The maximum absolute atomic E-state index is 12.3. The number of carbonyl (C=O) groups excluding carboxylic acids is 2. The second-order valence-corrected chi connectivity index (χ2v) is 6.95. The highest BCUT2D eigenvalue weighted by molar-refractivity contribution is 7.13. The number of carbonyl (C=O) groups is 2. The van der Waals surface area contributed by atoms with Gasteiger partial charge >= 0.3 is 0 Å². The molecule has 2 aromatic carbocycles. The van der Waals surface area contributed by atoms with Crippen LogP contribution in [0.5, 0.6) is 5.75 Å². The Morgan fingerprint density at radius 2 is 1.75 bits per heavy atom. The molecule has 1 heterocycles. The third kappa shape index (κ3) is 5.37. The van der Waals surface area contributed by atoms with Crippen LogP contribution in [-0.4, -0.2) is 28.6 Å². The van der Waals surface area contributed by atoms with Crippen LogP contribution in [0.3, 0.4) is 0 Å². The molecule has 0 spiro atoms. The fourth-order valence-corrected chi connectivity index (χ4v) is 2.94. The van der Waals surface area contributed by atoms with Gasteiger partial charge in [0.2, 0.25) is 5.01 Å². The molecule has 0 radical (unpaired) electrons. The lowest BCUT2D eigenvalue weighted by Crippen LogP contribution is -2.23. The predicted molar refractivity (Wildman–Crippen MR) is 108 cm³/mol. The molecule has 0 aliphatic heterocycles. The number of rotatable bonds is 8. The second-order valence-electron chi connectivity index (χ2n) is 5.89. The number of para-hydroxylation sites is 1. The summed E-state index contributed by atoms with van der Waals surface area (Å²) in [5.41, 5.74) is 1.12. The molecule has 0 fully saturated rings. The lowest BCUT2D eigenvalue weighted by molar-refractivity contribution is 0.0953. The molecule has 0 aliphatic carbocycles. The third-order valence-corrected chi connectivity index (χ3v) is 4.60. The number of anilines is 1. The minimum absolute atomic E-state index is 0.132. The van der Waals surface area contributed by atoms with Crippen LogP contribution in [0.4, 0.5) is 5.69 Å². The number of hydrogen-bond acceptors (Lipinski definition) is 6. The van der Waals surface area contributed by atoms with Crippen molar-refractivity contribution in [2.45, 2.75) is 20.0 Å². The maximum Gasteiger partial charge on any atom is 0.286 e. The Bertz CT molecular complexity index is 926. The van der Waals surface area contributed by atoms with E-state index in [2.05, 4.69) is 20.8 Å². The summed E-state index contributed by atoms with van der Waals surface area (Å²) >= 11 is 1.17. The summed E-state index contributed by atoms with van der Waals surface area (Å²) in [4.78, 5) is 24.2. The summed E-state index contributed by atoms with van der Waals surface area (Å²) in [5, 5.41) is 14.3. The Kier molecular flexibility index (Phi) is 6.69. The first-order valence-electron chi connectivity index (χ1n) is 8.85. The van der Waals surface area contributed by atoms with Crippen LogP contribution in [0.2, 0.25) is 0 Å². The van der Waals surface area contributed by atoms with Gasteiger partial charge in [0.1, 0.15) is 12.4 Å². The Balaban J connectivity index is 1.54. The minimum atomic E-state index is -0.355. The van der Waals surface area contributed by atoms with Crippen molar-refractivity contribution in [3.8, 4) is 5.75 Å². The van der Waals surface area contributed by atoms with Crippen LogP contribution in [-0.2, 0) is 6.61 Å². The summed E-state index contributed by atoms with van der Waals surface area (Å²) in [6.07, 6.45) is 0.875. The Labute approximate surface area is 166 Å². The fraction of sp³-hybridized carbons (Fsp3) is 0.200. The Hall–Kier alpha value is -3.26.